The lowest BCUT2D eigenvalue weighted by atomic mass is 10.0. The largest absolute Gasteiger partial charge is 0.366 e. The summed E-state index contributed by atoms with van der Waals surface area (Å²) in [6.07, 6.45) is 0.791. The lowest BCUT2D eigenvalue weighted by Crippen LogP contribution is -2.17. The lowest BCUT2D eigenvalue weighted by molar-refractivity contribution is 0.0998. The van der Waals surface area contributed by atoms with Crippen LogP contribution in [0.25, 0.3) is 0 Å². The highest BCUT2D eigenvalue weighted by atomic mass is 16.1. The molecule has 1 heterocycles. The number of hydrogen-bond donors (Lipinski definition) is 1. The molecule has 1 aromatic rings. The molecule has 2 N–H and O–H groups in total. The molecule has 3 heteroatoms. The van der Waals surface area contributed by atoms with Crippen LogP contribution in [0.4, 0.5) is 0 Å². The van der Waals surface area contributed by atoms with Crippen molar-refractivity contribution in [2.45, 2.75) is 34.1 Å². The van der Waals surface area contributed by atoms with E-state index < -0.39 is 0 Å². The van der Waals surface area contributed by atoms with Gasteiger partial charge in [0.05, 0.1) is 11.3 Å². The van der Waals surface area contributed by atoms with Crippen molar-refractivity contribution in [3.63, 3.8) is 0 Å². The van der Waals surface area contributed by atoms with E-state index in [0.29, 0.717) is 11.5 Å². The van der Waals surface area contributed by atoms with Crippen LogP contribution in [0.1, 0.15) is 41.2 Å². The van der Waals surface area contributed by atoms with E-state index in [9.17, 15) is 4.79 Å². The molecule has 0 spiro atoms. The molecule has 0 aromatic carbocycles. The monoisotopic (exact) mass is 206 g/mol. The predicted molar refractivity (Wildman–Crippen MR) is 60.8 cm³/mol. The molecule has 15 heavy (non-hydrogen) atoms. The van der Waals surface area contributed by atoms with Crippen LogP contribution in [-0.2, 0) is 6.42 Å². The standard InChI is InChI=1S/C12H18N2O/c1-7(2)5-11-10(12(13)15)6-8(3)9(4)14-11/h6-7H,5H2,1-4H3,(H2,13,15). The molecule has 3 nitrogen and oxygen atoms in total. The highest BCUT2D eigenvalue weighted by Crippen LogP contribution is 2.15. The van der Waals surface area contributed by atoms with Crippen molar-refractivity contribution in [3.05, 3.63) is 28.6 Å². The van der Waals surface area contributed by atoms with Crippen molar-refractivity contribution >= 4 is 5.91 Å². The zero-order valence-electron chi connectivity index (χ0n) is 9.79. The number of rotatable bonds is 3. The molecular weight excluding hydrogens is 188 g/mol. The SMILES string of the molecule is Cc1cc(C(N)=O)c(CC(C)C)nc1C. The maximum Gasteiger partial charge on any atom is 0.250 e. The van der Waals surface area contributed by atoms with Crippen LogP contribution in [-0.4, -0.2) is 10.9 Å². The molecule has 0 atom stereocenters. The first-order valence-electron chi connectivity index (χ1n) is 5.18. The van der Waals surface area contributed by atoms with Gasteiger partial charge in [-0.3, -0.25) is 9.78 Å². The van der Waals surface area contributed by atoms with E-state index >= 15 is 0 Å². The molecule has 1 amide bonds. The lowest BCUT2D eigenvalue weighted by Gasteiger charge is -2.11. The Morgan fingerprint density at radius 1 is 1.47 bits per heavy atom. The van der Waals surface area contributed by atoms with Gasteiger partial charge in [0, 0.05) is 5.69 Å². The number of primary amides is 1. The van der Waals surface area contributed by atoms with Gasteiger partial charge in [0.15, 0.2) is 0 Å². The predicted octanol–water partition coefficient (Wildman–Crippen LogP) is 2.00. The summed E-state index contributed by atoms with van der Waals surface area (Å²) in [7, 11) is 0. The molecule has 0 aliphatic carbocycles. The molecule has 0 aliphatic rings. The van der Waals surface area contributed by atoms with Gasteiger partial charge in [0.25, 0.3) is 5.91 Å². The van der Waals surface area contributed by atoms with Crippen LogP contribution >= 0.6 is 0 Å². The van der Waals surface area contributed by atoms with E-state index in [1.807, 2.05) is 19.9 Å². The Hall–Kier alpha value is -1.38. The van der Waals surface area contributed by atoms with Crippen molar-refractivity contribution in [1.29, 1.82) is 0 Å². The summed E-state index contributed by atoms with van der Waals surface area (Å²) in [6.45, 7) is 8.08. The molecule has 1 aromatic heterocycles. The van der Waals surface area contributed by atoms with E-state index in [2.05, 4.69) is 18.8 Å². The zero-order chi connectivity index (χ0) is 11.6. The maximum atomic E-state index is 11.2. The van der Waals surface area contributed by atoms with Crippen molar-refractivity contribution in [3.8, 4) is 0 Å². The van der Waals surface area contributed by atoms with Gasteiger partial charge >= 0.3 is 0 Å². The minimum atomic E-state index is -0.388. The third-order valence-corrected chi connectivity index (χ3v) is 2.41. The number of hydrogen-bond acceptors (Lipinski definition) is 2. The van der Waals surface area contributed by atoms with Gasteiger partial charge in [-0.15, -0.1) is 0 Å². The normalized spacial score (nSPS) is 10.7. The van der Waals surface area contributed by atoms with Gasteiger partial charge in [-0.05, 0) is 37.8 Å². The topological polar surface area (TPSA) is 56.0 Å². The average Bonchev–Trinajstić information content (AvgIpc) is 2.09. The molecule has 0 aliphatic heterocycles. The van der Waals surface area contributed by atoms with Crippen molar-refractivity contribution < 1.29 is 4.79 Å². The Labute approximate surface area is 90.7 Å². The summed E-state index contributed by atoms with van der Waals surface area (Å²) >= 11 is 0. The highest BCUT2D eigenvalue weighted by molar-refractivity contribution is 5.94. The molecule has 82 valence electrons. The Morgan fingerprint density at radius 2 is 2.07 bits per heavy atom. The van der Waals surface area contributed by atoms with E-state index in [-0.39, 0.29) is 5.91 Å². The summed E-state index contributed by atoms with van der Waals surface area (Å²) in [5, 5.41) is 0. The third kappa shape index (κ3) is 2.78. The van der Waals surface area contributed by atoms with Crippen molar-refractivity contribution in [2.75, 3.05) is 0 Å². The Balaban J connectivity index is 3.22. The first-order chi connectivity index (χ1) is 6.91. The molecule has 0 fully saturated rings. The number of nitrogens with two attached hydrogens (primary N) is 1. The van der Waals surface area contributed by atoms with Crippen LogP contribution < -0.4 is 5.73 Å². The summed E-state index contributed by atoms with van der Waals surface area (Å²) < 4.78 is 0. The first kappa shape index (κ1) is 11.7. The fourth-order valence-electron chi connectivity index (χ4n) is 1.51. The Morgan fingerprint density at radius 3 is 2.53 bits per heavy atom. The molecule has 0 radical (unpaired) electrons. The molecule has 0 unspecified atom stereocenters. The van der Waals surface area contributed by atoms with Crippen molar-refractivity contribution in [1.82, 2.24) is 4.98 Å². The number of carbonyl (C=O) groups excluding carboxylic acids is 1. The van der Waals surface area contributed by atoms with Crippen molar-refractivity contribution in [2.24, 2.45) is 11.7 Å². The van der Waals surface area contributed by atoms with Gasteiger partial charge in [0.1, 0.15) is 0 Å². The molecule has 1 rings (SSSR count). The third-order valence-electron chi connectivity index (χ3n) is 2.41. The second-order valence-corrected chi connectivity index (χ2v) is 4.35. The van der Waals surface area contributed by atoms with Gasteiger partial charge in [-0.2, -0.15) is 0 Å². The van der Waals surface area contributed by atoms with E-state index in [4.69, 9.17) is 5.73 Å². The molecule has 0 saturated heterocycles. The molecule has 0 saturated carbocycles. The maximum absolute atomic E-state index is 11.2. The summed E-state index contributed by atoms with van der Waals surface area (Å²) in [5.41, 5.74) is 8.69. The second kappa shape index (κ2) is 4.43. The minimum Gasteiger partial charge on any atom is -0.366 e. The van der Waals surface area contributed by atoms with Gasteiger partial charge in [0.2, 0.25) is 0 Å². The molecular formula is C12H18N2O. The number of aromatic nitrogens is 1. The highest BCUT2D eigenvalue weighted by Gasteiger charge is 2.12. The second-order valence-electron chi connectivity index (χ2n) is 4.35. The van der Waals surface area contributed by atoms with Gasteiger partial charge < -0.3 is 5.73 Å². The number of carbonyl (C=O) groups is 1. The molecule has 0 bridgehead atoms. The van der Waals surface area contributed by atoms with Crippen LogP contribution in [0.5, 0.6) is 0 Å². The number of amides is 1. The fourth-order valence-corrected chi connectivity index (χ4v) is 1.51. The smallest absolute Gasteiger partial charge is 0.250 e. The van der Waals surface area contributed by atoms with Crippen LogP contribution in [0.2, 0.25) is 0 Å². The average molecular weight is 206 g/mol. The van der Waals surface area contributed by atoms with E-state index in [1.165, 1.54) is 0 Å². The number of nitrogens with zero attached hydrogens (tertiary/aromatic N) is 1. The Bertz CT molecular complexity index is 383. The van der Waals surface area contributed by atoms with Gasteiger partial charge in [-0.1, -0.05) is 13.8 Å². The summed E-state index contributed by atoms with van der Waals surface area (Å²) in [6, 6.07) is 1.84. The van der Waals surface area contributed by atoms with E-state index in [0.717, 1.165) is 23.4 Å². The van der Waals surface area contributed by atoms with Gasteiger partial charge in [-0.25, -0.2) is 0 Å². The summed E-state index contributed by atoms with van der Waals surface area (Å²) in [5.74, 6) is 0.0824. The van der Waals surface area contributed by atoms with E-state index in [1.54, 1.807) is 0 Å². The van der Waals surface area contributed by atoms with Crippen LogP contribution in [0.3, 0.4) is 0 Å². The first-order valence-corrected chi connectivity index (χ1v) is 5.18. The van der Waals surface area contributed by atoms with Crippen LogP contribution in [0, 0.1) is 19.8 Å². The van der Waals surface area contributed by atoms with Crippen LogP contribution in [0.15, 0.2) is 6.07 Å². The number of aryl methyl sites for hydroxylation is 2. The summed E-state index contributed by atoms with van der Waals surface area (Å²) in [4.78, 5) is 15.7. The Kier molecular flexibility index (Phi) is 3.45. The minimum absolute atomic E-state index is 0.388. The quantitative estimate of drug-likeness (QED) is 0.822. The number of pyridine rings is 1. The zero-order valence-corrected chi connectivity index (χ0v) is 9.79. The fraction of sp³-hybridized carbons (Fsp3) is 0.500.